The topological polar surface area (TPSA) is 84.2 Å². The quantitative estimate of drug-likeness (QED) is 0.549. The largest absolute Gasteiger partial charge is 0.354 e. The molecule has 0 aromatic rings. The second kappa shape index (κ2) is 6.59. The fraction of sp³-hybridized carbons (Fsp3) is 0.833. The molecule has 0 radical (unpaired) electrons. The van der Waals surface area contributed by atoms with Gasteiger partial charge in [0.2, 0.25) is 11.8 Å². The summed E-state index contributed by atoms with van der Waals surface area (Å²) in [6.07, 6.45) is 2.70. The molecule has 0 aliphatic heterocycles. The van der Waals surface area contributed by atoms with Gasteiger partial charge in [-0.3, -0.25) is 9.59 Å². The lowest BCUT2D eigenvalue weighted by molar-refractivity contribution is -0.124. The molecule has 98 valence electrons. The van der Waals surface area contributed by atoms with E-state index in [1.54, 1.807) is 0 Å². The first kappa shape index (κ1) is 14.0. The molecule has 5 heteroatoms. The molecule has 0 saturated heterocycles. The van der Waals surface area contributed by atoms with Crippen LogP contribution in [-0.2, 0) is 9.59 Å². The molecular formula is C12H23N3O2. The summed E-state index contributed by atoms with van der Waals surface area (Å²) in [5.74, 6) is 0.507. The van der Waals surface area contributed by atoms with Gasteiger partial charge in [0.15, 0.2) is 0 Å². The van der Waals surface area contributed by atoms with E-state index in [-0.39, 0.29) is 23.8 Å². The minimum absolute atomic E-state index is 0.000236. The number of hydrogen-bond acceptors (Lipinski definition) is 3. The highest BCUT2D eigenvalue weighted by molar-refractivity contribution is 5.78. The van der Waals surface area contributed by atoms with Crippen LogP contribution in [0.4, 0.5) is 0 Å². The zero-order valence-electron chi connectivity index (χ0n) is 10.7. The molecule has 1 unspecified atom stereocenters. The second-order valence-corrected chi connectivity index (χ2v) is 5.00. The first-order chi connectivity index (χ1) is 8.00. The molecule has 0 spiro atoms. The Morgan fingerprint density at radius 3 is 2.35 bits per heavy atom. The fourth-order valence-electron chi connectivity index (χ4n) is 1.57. The highest BCUT2D eigenvalue weighted by atomic mass is 16.2. The van der Waals surface area contributed by atoms with Crippen molar-refractivity contribution in [2.45, 2.75) is 39.2 Å². The molecule has 1 aliphatic carbocycles. The predicted octanol–water partition coefficient (Wildman–Crippen LogP) is 0.00220. The summed E-state index contributed by atoms with van der Waals surface area (Å²) in [5.41, 5.74) is 5.84. The Hall–Kier alpha value is -1.10. The van der Waals surface area contributed by atoms with Gasteiger partial charge in [0.25, 0.3) is 0 Å². The third kappa shape index (κ3) is 5.68. The van der Waals surface area contributed by atoms with Gasteiger partial charge in [0.1, 0.15) is 0 Å². The fourth-order valence-corrected chi connectivity index (χ4v) is 1.57. The average molecular weight is 241 g/mol. The van der Waals surface area contributed by atoms with Crippen molar-refractivity contribution in [3.63, 3.8) is 0 Å². The van der Waals surface area contributed by atoms with Crippen LogP contribution in [0.1, 0.15) is 33.1 Å². The molecule has 0 aromatic carbocycles. The van der Waals surface area contributed by atoms with Crippen LogP contribution in [0.25, 0.3) is 0 Å². The summed E-state index contributed by atoms with van der Waals surface area (Å²) in [4.78, 5) is 22.7. The van der Waals surface area contributed by atoms with E-state index in [1.165, 1.54) is 0 Å². The van der Waals surface area contributed by atoms with Crippen LogP contribution in [0.15, 0.2) is 0 Å². The minimum Gasteiger partial charge on any atom is -0.354 e. The molecule has 4 N–H and O–H groups in total. The highest BCUT2D eigenvalue weighted by Gasteiger charge is 2.29. The highest BCUT2D eigenvalue weighted by Crippen LogP contribution is 2.32. The van der Waals surface area contributed by atoms with E-state index in [0.717, 1.165) is 12.8 Å². The standard InChI is InChI=1S/C12H23N3O2/c1-8(2)12(17)15-6-5-14-11(16)7-10(13)9-3-4-9/h8-10H,3-7,13H2,1-2H3,(H,14,16)(H,15,17). The molecule has 1 atom stereocenters. The van der Waals surface area contributed by atoms with E-state index in [2.05, 4.69) is 10.6 Å². The summed E-state index contributed by atoms with van der Waals surface area (Å²) in [5, 5.41) is 5.50. The van der Waals surface area contributed by atoms with Crippen LogP contribution < -0.4 is 16.4 Å². The Morgan fingerprint density at radius 2 is 1.82 bits per heavy atom. The Bertz CT molecular complexity index is 275. The van der Waals surface area contributed by atoms with Crippen molar-refractivity contribution in [1.29, 1.82) is 0 Å². The van der Waals surface area contributed by atoms with Crippen LogP contribution in [0.2, 0.25) is 0 Å². The third-order valence-corrected chi connectivity index (χ3v) is 2.92. The van der Waals surface area contributed by atoms with Gasteiger partial charge in [0, 0.05) is 31.5 Å². The average Bonchev–Trinajstić information content (AvgIpc) is 3.07. The van der Waals surface area contributed by atoms with E-state index in [1.807, 2.05) is 13.8 Å². The molecule has 0 heterocycles. The molecule has 0 aromatic heterocycles. The summed E-state index contributed by atoms with van der Waals surface area (Å²) >= 11 is 0. The van der Waals surface area contributed by atoms with Crippen LogP contribution in [0, 0.1) is 11.8 Å². The van der Waals surface area contributed by atoms with Crippen LogP contribution >= 0.6 is 0 Å². The third-order valence-electron chi connectivity index (χ3n) is 2.92. The van der Waals surface area contributed by atoms with Crippen molar-refractivity contribution in [2.75, 3.05) is 13.1 Å². The number of amides is 2. The van der Waals surface area contributed by atoms with E-state index < -0.39 is 0 Å². The number of carbonyl (C=O) groups is 2. The molecule has 0 bridgehead atoms. The van der Waals surface area contributed by atoms with Crippen molar-refractivity contribution in [3.8, 4) is 0 Å². The lowest BCUT2D eigenvalue weighted by Crippen LogP contribution is -2.38. The van der Waals surface area contributed by atoms with Crippen LogP contribution in [0.3, 0.4) is 0 Å². The molecular weight excluding hydrogens is 218 g/mol. The van der Waals surface area contributed by atoms with E-state index in [0.29, 0.717) is 25.4 Å². The van der Waals surface area contributed by atoms with Gasteiger partial charge < -0.3 is 16.4 Å². The maximum Gasteiger partial charge on any atom is 0.222 e. The van der Waals surface area contributed by atoms with Gasteiger partial charge in [-0.1, -0.05) is 13.8 Å². The lowest BCUT2D eigenvalue weighted by atomic mass is 10.1. The molecule has 1 aliphatic rings. The van der Waals surface area contributed by atoms with Gasteiger partial charge in [-0.05, 0) is 18.8 Å². The number of nitrogens with one attached hydrogen (secondary N) is 2. The summed E-state index contributed by atoms with van der Waals surface area (Å²) in [6.45, 7) is 4.61. The second-order valence-electron chi connectivity index (χ2n) is 5.00. The number of hydrogen-bond donors (Lipinski definition) is 3. The summed E-state index contributed by atoms with van der Waals surface area (Å²) in [7, 11) is 0. The van der Waals surface area contributed by atoms with E-state index >= 15 is 0 Å². The Balaban J connectivity index is 2.01. The Kier molecular flexibility index (Phi) is 5.41. The van der Waals surface area contributed by atoms with Crippen LogP contribution in [0.5, 0.6) is 0 Å². The molecule has 1 saturated carbocycles. The Labute approximate surface area is 103 Å². The smallest absolute Gasteiger partial charge is 0.222 e. The van der Waals surface area contributed by atoms with Gasteiger partial charge in [-0.25, -0.2) is 0 Å². The molecule has 1 rings (SSSR count). The van der Waals surface area contributed by atoms with Crippen molar-refractivity contribution in [2.24, 2.45) is 17.6 Å². The number of carbonyl (C=O) groups excluding carboxylic acids is 2. The molecule has 17 heavy (non-hydrogen) atoms. The Morgan fingerprint density at radius 1 is 1.24 bits per heavy atom. The first-order valence-electron chi connectivity index (χ1n) is 6.30. The van der Waals surface area contributed by atoms with Crippen molar-refractivity contribution < 1.29 is 9.59 Å². The van der Waals surface area contributed by atoms with Gasteiger partial charge in [0.05, 0.1) is 0 Å². The molecule has 1 fully saturated rings. The molecule has 5 nitrogen and oxygen atoms in total. The number of rotatable bonds is 7. The zero-order valence-corrected chi connectivity index (χ0v) is 10.7. The number of nitrogens with two attached hydrogens (primary N) is 1. The van der Waals surface area contributed by atoms with Gasteiger partial charge in [-0.2, -0.15) is 0 Å². The van der Waals surface area contributed by atoms with Crippen LogP contribution in [-0.4, -0.2) is 30.9 Å². The summed E-state index contributed by atoms with van der Waals surface area (Å²) < 4.78 is 0. The van der Waals surface area contributed by atoms with Crippen molar-refractivity contribution >= 4 is 11.8 Å². The first-order valence-corrected chi connectivity index (χ1v) is 6.30. The van der Waals surface area contributed by atoms with Gasteiger partial charge in [-0.15, -0.1) is 0 Å². The normalized spacial score (nSPS) is 16.7. The summed E-state index contributed by atoms with van der Waals surface area (Å²) in [6, 6.07) is 0.000236. The van der Waals surface area contributed by atoms with E-state index in [9.17, 15) is 9.59 Å². The van der Waals surface area contributed by atoms with Gasteiger partial charge >= 0.3 is 0 Å². The van der Waals surface area contributed by atoms with Crippen molar-refractivity contribution in [3.05, 3.63) is 0 Å². The lowest BCUT2D eigenvalue weighted by Gasteiger charge is -2.11. The monoisotopic (exact) mass is 241 g/mol. The van der Waals surface area contributed by atoms with E-state index in [4.69, 9.17) is 5.73 Å². The SMILES string of the molecule is CC(C)C(=O)NCCNC(=O)CC(N)C1CC1. The maximum atomic E-state index is 11.5. The molecule has 2 amide bonds. The zero-order chi connectivity index (χ0) is 12.8. The van der Waals surface area contributed by atoms with Crippen molar-refractivity contribution in [1.82, 2.24) is 10.6 Å². The predicted molar refractivity (Wildman–Crippen MR) is 66.2 cm³/mol. The maximum absolute atomic E-state index is 11.5. The minimum atomic E-state index is -0.0248.